The van der Waals surface area contributed by atoms with Gasteiger partial charge < -0.3 is 9.84 Å². The van der Waals surface area contributed by atoms with Crippen LogP contribution in [0, 0.1) is 0 Å². The molecule has 0 aromatic heterocycles. The van der Waals surface area contributed by atoms with Gasteiger partial charge in [0.05, 0.1) is 11.7 Å². The second-order valence-corrected chi connectivity index (χ2v) is 5.59. The van der Waals surface area contributed by atoms with Crippen LogP contribution < -0.4 is 0 Å². The lowest BCUT2D eigenvalue weighted by molar-refractivity contribution is -0.0675. The number of rotatable bonds is 4. The molecule has 0 spiro atoms. The zero-order chi connectivity index (χ0) is 12.3. The van der Waals surface area contributed by atoms with Gasteiger partial charge in [-0.15, -0.1) is 0 Å². The molecule has 2 nitrogen and oxygen atoms in total. The van der Waals surface area contributed by atoms with Crippen molar-refractivity contribution in [2.45, 2.75) is 57.7 Å². The summed E-state index contributed by atoms with van der Waals surface area (Å²) in [5, 5.41) is 9.78. The fourth-order valence-electron chi connectivity index (χ4n) is 2.62. The largest absolute Gasteiger partial charge is 0.508 e. The number of benzene rings is 1. The maximum Gasteiger partial charge on any atom is 0.118 e. The molecule has 0 unspecified atom stereocenters. The number of phenols is 1. The van der Waals surface area contributed by atoms with E-state index in [1.54, 1.807) is 6.07 Å². The van der Waals surface area contributed by atoms with Gasteiger partial charge in [0.15, 0.2) is 0 Å². The molecule has 1 aromatic carbocycles. The molecule has 0 saturated heterocycles. The number of hydrogen-bond donors (Lipinski definition) is 1. The van der Waals surface area contributed by atoms with E-state index >= 15 is 0 Å². The standard InChI is InChI=1S/C15H22O2/c1-15(2,17-13-8-4-5-9-13)11-12-7-3-6-10-14(12)16/h3,6-7,10,13,16H,4-5,8-9,11H2,1-2H3. The number of hydrogen-bond acceptors (Lipinski definition) is 2. The van der Waals surface area contributed by atoms with E-state index in [1.807, 2.05) is 18.2 Å². The first-order valence-electron chi connectivity index (χ1n) is 6.51. The van der Waals surface area contributed by atoms with E-state index in [0.717, 1.165) is 12.0 Å². The van der Waals surface area contributed by atoms with Crippen LogP contribution >= 0.6 is 0 Å². The van der Waals surface area contributed by atoms with Crippen molar-refractivity contribution in [1.29, 1.82) is 0 Å². The number of aromatic hydroxyl groups is 1. The summed E-state index contributed by atoms with van der Waals surface area (Å²) in [6, 6.07) is 7.51. The fraction of sp³-hybridized carbons (Fsp3) is 0.600. The minimum absolute atomic E-state index is 0.201. The highest BCUT2D eigenvalue weighted by Crippen LogP contribution is 2.29. The van der Waals surface area contributed by atoms with Crippen LogP contribution in [-0.2, 0) is 11.2 Å². The highest BCUT2D eigenvalue weighted by Gasteiger charge is 2.26. The summed E-state index contributed by atoms with van der Waals surface area (Å²) in [7, 11) is 0. The molecule has 1 fully saturated rings. The smallest absolute Gasteiger partial charge is 0.118 e. The second-order valence-electron chi connectivity index (χ2n) is 5.59. The third-order valence-corrected chi connectivity index (χ3v) is 3.40. The van der Waals surface area contributed by atoms with E-state index < -0.39 is 0 Å². The molecule has 0 radical (unpaired) electrons. The molecule has 0 aliphatic heterocycles. The third-order valence-electron chi connectivity index (χ3n) is 3.40. The minimum Gasteiger partial charge on any atom is -0.508 e. The van der Waals surface area contributed by atoms with Crippen molar-refractivity contribution in [2.75, 3.05) is 0 Å². The van der Waals surface area contributed by atoms with Crippen molar-refractivity contribution >= 4 is 0 Å². The molecule has 1 aliphatic rings. The molecule has 1 aliphatic carbocycles. The van der Waals surface area contributed by atoms with Crippen molar-refractivity contribution in [3.8, 4) is 5.75 Å². The van der Waals surface area contributed by atoms with Gasteiger partial charge in [0, 0.05) is 6.42 Å². The lowest BCUT2D eigenvalue weighted by Gasteiger charge is -2.29. The van der Waals surface area contributed by atoms with Crippen LogP contribution in [0.2, 0.25) is 0 Å². The number of ether oxygens (including phenoxy) is 1. The zero-order valence-electron chi connectivity index (χ0n) is 10.8. The van der Waals surface area contributed by atoms with E-state index in [1.165, 1.54) is 25.7 Å². The van der Waals surface area contributed by atoms with E-state index in [2.05, 4.69) is 13.8 Å². The molecule has 2 rings (SSSR count). The Morgan fingerprint density at radius 1 is 1.24 bits per heavy atom. The van der Waals surface area contributed by atoms with Crippen LogP contribution in [0.15, 0.2) is 24.3 Å². The molecule has 94 valence electrons. The molecule has 1 saturated carbocycles. The lowest BCUT2D eigenvalue weighted by atomic mass is 9.97. The molecular weight excluding hydrogens is 212 g/mol. The average molecular weight is 234 g/mol. The molecule has 0 atom stereocenters. The summed E-state index contributed by atoms with van der Waals surface area (Å²) < 4.78 is 6.15. The quantitative estimate of drug-likeness (QED) is 0.861. The Hall–Kier alpha value is -1.02. The van der Waals surface area contributed by atoms with E-state index in [9.17, 15) is 5.11 Å². The molecule has 0 bridgehead atoms. The van der Waals surface area contributed by atoms with Crippen LogP contribution in [0.5, 0.6) is 5.75 Å². The Balaban J connectivity index is 1.98. The predicted molar refractivity (Wildman–Crippen MR) is 69.2 cm³/mol. The van der Waals surface area contributed by atoms with Gasteiger partial charge >= 0.3 is 0 Å². The average Bonchev–Trinajstić information content (AvgIpc) is 2.73. The predicted octanol–water partition coefficient (Wildman–Crippen LogP) is 3.67. The van der Waals surface area contributed by atoms with Crippen molar-refractivity contribution in [2.24, 2.45) is 0 Å². The summed E-state index contributed by atoms with van der Waals surface area (Å²) in [5.41, 5.74) is 0.767. The van der Waals surface area contributed by atoms with Gasteiger partial charge in [0.1, 0.15) is 5.75 Å². The van der Waals surface area contributed by atoms with Gasteiger partial charge in [0.2, 0.25) is 0 Å². The zero-order valence-corrected chi connectivity index (χ0v) is 10.8. The second kappa shape index (κ2) is 5.09. The first-order chi connectivity index (χ1) is 8.07. The van der Waals surface area contributed by atoms with Crippen molar-refractivity contribution in [1.82, 2.24) is 0 Å². The van der Waals surface area contributed by atoms with Gasteiger partial charge in [-0.1, -0.05) is 31.0 Å². The topological polar surface area (TPSA) is 29.5 Å². The third kappa shape index (κ3) is 3.47. The first kappa shape index (κ1) is 12.4. The molecular formula is C15H22O2. The SMILES string of the molecule is CC(C)(Cc1ccccc1O)OC1CCCC1. The Morgan fingerprint density at radius 3 is 2.53 bits per heavy atom. The van der Waals surface area contributed by atoms with E-state index in [4.69, 9.17) is 4.74 Å². The molecule has 2 heteroatoms. The van der Waals surface area contributed by atoms with Gasteiger partial charge in [-0.3, -0.25) is 0 Å². The number of phenolic OH excluding ortho intramolecular Hbond substituents is 1. The van der Waals surface area contributed by atoms with Crippen LogP contribution in [0.3, 0.4) is 0 Å². The highest BCUT2D eigenvalue weighted by atomic mass is 16.5. The molecule has 17 heavy (non-hydrogen) atoms. The Morgan fingerprint density at radius 2 is 1.88 bits per heavy atom. The maximum atomic E-state index is 9.78. The van der Waals surface area contributed by atoms with E-state index in [-0.39, 0.29) is 5.60 Å². The van der Waals surface area contributed by atoms with Crippen molar-refractivity contribution < 1.29 is 9.84 Å². The van der Waals surface area contributed by atoms with Crippen LogP contribution in [0.1, 0.15) is 45.1 Å². The first-order valence-corrected chi connectivity index (χ1v) is 6.51. The summed E-state index contributed by atoms with van der Waals surface area (Å²) in [5.74, 6) is 0.371. The normalized spacial score (nSPS) is 17.5. The van der Waals surface area contributed by atoms with Crippen molar-refractivity contribution in [3.63, 3.8) is 0 Å². The monoisotopic (exact) mass is 234 g/mol. The van der Waals surface area contributed by atoms with E-state index in [0.29, 0.717) is 11.9 Å². The Bertz CT molecular complexity index is 365. The van der Waals surface area contributed by atoms with Gasteiger partial charge in [0.25, 0.3) is 0 Å². The van der Waals surface area contributed by atoms with Crippen LogP contribution in [-0.4, -0.2) is 16.8 Å². The fourth-order valence-corrected chi connectivity index (χ4v) is 2.62. The summed E-state index contributed by atoms with van der Waals surface area (Å²) in [6.07, 6.45) is 6.12. The number of para-hydroxylation sites is 1. The summed E-state index contributed by atoms with van der Waals surface area (Å²) in [6.45, 7) is 4.22. The van der Waals surface area contributed by atoms with Gasteiger partial charge in [-0.2, -0.15) is 0 Å². The lowest BCUT2D eigenvalue weighted by Crippen LogP contribution is -2.31. The molecule has 1 aromatic rings. The van der Waals surface area contributed by atoms with Gasteiger partial charge in [-0.05, 0) is 38.3 Å². The minimum atomic E-state index is -0.201. The maximum absolute atomic E-state index is 9.78. The van der Waals surface area contributed by atoms with Crippen LogP contribution in [0.25, 0.3) is 0 Å². The Kier molecular flexibility index (Phi) is 3.72. The Labute approximate surface area is 104 Å². The van der Waals surface area contributed by atoms with Gasteiger partial charge in [-0.25, -0.2) is 0 Å². The molecule has 0 amide bonds. The summed E-state index contributed by atoms with van der Waals surface area (Å²) in [4.78, 5) is 0. The molecule has 0 heterocycles. The van der Waals surface area contributed by atoms with Crippen molar-refractivity contribution in [3.05, 3.63) is 29.8 Å². The molecule has 1 N–H and O–H groups in total. The van der Waals surface area contributed by atoms with Crippen LogP contribution in [0.4, 0.5) is 0 Å². The summed E-state index contributed by atoms with van der Waals surface area (Å²) >= 11 is 0. The highest BCUT2D eigenvalue weighted by molar-refractivity contribution is 5.32.